The lowest BCUT2D eigenvalue weighted by Gasteiger charge is -2.08. The fourth-order valence-corrected chi connectivity index (χ4v) is 1.64. The van der Waals surface area contributed by atoms with Gasteiger partial charge in [0.2, 0.25) is 0 Å². The van der Waals surface area contributed by atoms with Gasteiger partial charge in [0.25, 0.3) is 0 Å². The summed E-state index contributed by atoms with van der Waals surface area (Å²) < 4.78 is 25.3. The standard InChI is InChI=1S/C11H10ClF2N4/c1-6(15)7-2-3-9(12)8(4-7)10-16-5-18(17-10)11(13)14/h2-6,11H,1,15H2/t6-/m0/s1. The third-order valence-corrected chi connectivity index (χ3v) is 2.70. The van der Waals surface area contributed by atoms with Gasteiger partial charge in [-0.25, -0.2) is 4.98 Å². The van der Waals surface area contributed by atoms with Gasteiger partial charge in [0.15, 0.2) is 5.82 Å². The second-order valence-corrected chi connectivity index (χ2v) is 4.08. The molecule has 95 valence electrons. The maximum absolute atomic E-state index is 12.4. The monoisotopic (exact) mass is 271 g/mol. The van der Waals surface area contributed by atoms with Gasteiger partial charge < -0.3 is 5.73 Å². The number of hydrogen-bond acceptors (Lipinski definition) is 3. The molecule has 0 spiro atoms. The third-order valence-electron chi connectivity index (χ3n) is 2.37. The van der Waals surface area contributed by atoms with Gasteiger partial charge in [-0.15, -0.1) is 5.10 Å². The summed E-state index contributed by atoms with van der Waals surface area (Å²) in [5, 5.41) is 4.02. The Morgan fingerprint density at radius 3 is 2.67 bits per heavy atom. The number of rotatable bonds is 3. The van der Waals surface area contributed by atoms with Crippen LogP contribution in [0.25, 0.3) is 11.4 Å². The molecule has 0 aliphatic carbocycles. The molecule has 0 saturated carbocycles. The van der Waals surface area contributed by atoms with Crippen molar-refractivity contribution in [2.45, 2.75) is 12.6 Å². The molecule has 0 fully saturated rings. The molecule has 0 bridgehead atoms. The summed E-state index contributed by atoms with van der Waals surface area (Å²) >= 11 is 5.99. The number of alkyl halides is 2. The topological polar surface area (TPSA) is 56.7 Å². The van der Waals surface area contributed by atoms with Crippen LogP contribution in [0.1, 0.15) is 18.2 Å². The Balaban J connectivity index is 2.45. The van der Waals surface area contributed by atoms with Gasteiger partial charge in [-0.2, -0.15) is 13.5 Å². The van der Waals surface area contributed by atoms with Crippen LogP contribution in [0.5, 0.6) is 0 Å². The predicted molar refractivity (Wildman–Crippen MR) is 64.0 cm³/mol. The van der Waals surface area contributed by atoms with Gasteiger partial charge >= 0.3 is 6.55 Å². The molecule has 1 atom stereocenters. The highest BCUT2D eigenvalue weighted by atomic mass is 35.5. The molecule has 1 heterocycles. The summed E-state index contributed by atoms with van der Waals surface area (Å²) in [6, 6.07) is 4.54. The van der Waals surface area contributed by atoms with Crippen molar-refractivity contribution in [3.05, 3.63) is 42.0 Å². The number of benzene rings is 1. The number of aromatic nitrogens is 3. The summed E-state index contributed by atoms with van der Waals surface area (Å²) in [4.78, 5) is 3.80. The van der Waals surface area contributed by atoms with E-state index in [1.54, 1.807) is 18.2 Å². The normalized spacial score (nSPS) is 13.0. The van der Waals surface area contributed by atoms with E-state index in [-0.39, 0.29) is 5.82 Å². The molecule has 1 radical (unpaired) electrons. The second-order valence-electron chi connectivity index (χ2n) is 3.67. The van der Waals surface area contributed by atoms with Crippen LogP contribution in [0.15, 0.2) is 24.5 Å². The Morgan fingerprint density at radius 1 is 1.39 bits per heavy atom. The van der Waals surface area contributed by atoms with Crippen molar-refractivity contribution in [3.63, 3.8) is 0 Å². The van der Waals surface area contributed by atoms with E-state index in [0.717, 1.165) is 11.9 Å². The molecule has 4 nitrogen and oxygen atoms in total. The molecule has 1 aromatic carbocycles. The lowest BCUT2D eigenvalue weighted by atomic mass is 10.1. The van der Waals surface area contributed by atoms with Crippen LogP contribution in [0.2, 0.25) is 5.02 Å². The van der Waals surface area contributed by atoms with E-state index in [4.69, 9.17) is 17.3 Å². The molecule has 18 heavy (non-hydrogen) atoms. The van der Waals surface area contributed by atoms with Crippen molar-refractivity contribution in [2.75, 3.05) is 0 Å². The van der Waals surface area contributed by atoms with Gasteiger partial charge in [0.05, 0.1) is 5.02 Å². The summed E-state index contributed by atoms with van der Waals surface area (Å²) in [6.45, 7) is 0.942. The molecule has 0 saturated heterocycles. The SMILES string of the molecule is [CH2][C@H](N)c1ccc(Cl)c(-c2ncn(C(F)F)n2)c1. The van der Waals surface area contributed by atoms with Gasteiger partial charge in [0.1, 0.15) is 6.33 Å². The average molecular weight is 272 g/mol. The molecule has 0 aliphatic heterocycles. The smallest absolute Gasteiger partial charge is 0.324 e. The first kappa shape index (κ1) is 12.9. The first-order valence-electron chi connectivity index (χ1n) is 5.07. The molecule has 7 heteroatoms. The van der Waals surface area contributed by atoms with E-state index in [2.05, 4.69) is 17.0 Å². The number of nitrogens with zero attached hydrogens (tertiary/aromatic N) is 3. The van der Waals surface area contributed by atoms with Crippen LogP contribution in [0.3, 0.4) is 0 Å². The maximum Gasteiger partial charge on any atom is 0.334 e. The van der Waals surface area contributed by atoms with Crippen molar-refractivity contribution in [1.29, 1.82) is 0 Å². The number of halogens is 3. The highest BCUT2D eigenvalue weighted by molar-refractivity contribution is 6.33. The van der Waals surface area contributed by atoms with Gasteiger partial charge in [0, 0.05) is 11.6 Å². The summed E-state index contributed by atoms with van der Waals surface area (Å²) in [7, 11) is 0. The Hall–Kier alpha value is -1.53. The molecule has 0 aliphatic rings. The molecule has 2 aromatic rings. The molecule has 0 amide bonds. The minimum Gasteiger partial charge on any atom is -0.324 e. The van der Waals surface area contributed by atoms with Gasteiger partial charge in [-0.05, 0) is 24.6 Å². The highest BCUT2D eigenvalue weighted by Crippen LogP contribution is 2.28. The quantitative estimate of drug-likeness (QED) is 0.934. The van der Waals surface area contributed by atoms with Crippen LogP contribution in [0.4, 0.5) is 8.78 Å². The average Bonchev–Trinajstić information content (AvgIpc) is 2.78. The van der Waals surface area contributed by atoms with Crippen molar-refractivity contribution < 1.29 is 8.78 Å². The van der Waals surface area contributed by atoms with Crippen molar-refractivity contribution in [1.82, 2.24) is 14.8 Å². The van der Waals surface area contributed by atoms with Gasteiger partial charge in [-0.1, -0.05) is 17.7 Å². The summed E-state index contributed by atoms with van der Waals surface area (Å²) in [5.74, 6) is 0.128. The van der Waals surface area contributed by atoms with E-state index in [0.29, 0.717) is 15.3 Å². The molecular weight excluding hydrogens is 262 g/mol. The van der Waals surface area contributed by atoms with Crippen molar-refractivity contribution in [3.8, 4) is 11.4 Å². The van der Waals surface area contributed by atoms with Crippen LogP contribution in [-0.2, 0) is 0 Å². The van der Waals surface area contributed by atoms with Gasteiger partial charge in [-0.3, -0.25) is 0 Å². The Labute approximate surface area is 107 Å². The maximum atomic E-state index is 12.4. The predicted octanol–water partition coefficient (Wildman–Crippen LogP) is 2.83. The fraction of sp³-hybridized carbons (Fsp3) is 0.182. The third kappa shape index (κ3) is 2.49. The summed E-state index contributed by atoms with van der Waals surface area (Å²) in [5.41, 5.74) is 6.82. The Morgan fingerprint density at radius 2 is 2.11 bits per heavy atom. The number of nitrogens with two attached hydrogens (primary N) is 1. The minimum absolute atomic E-state index is 0.128. The van der Waals surface area contributed by atoms with Crippen LogP contribution >= 0.6 is 11.6 Å². The lowest BCUT2D eigenvalue weighted by molar-refractivity contribution is 0.0564. The number of hydrogen-bond donors (Lipinski definition) is 1. The lowest BCUT2D eigenvalue weighted by Crippen LogP contribution is -2.05. The Kier molecular flexibility index (Phi) is 3.58. The fourth-order valence-electron chi connectivity index (χ4n) is 1.44. The molecule has 0 unspecified atom stereocenters. The van der Waals surface area contributed by atoms with E-state index >= 15 is 0 Å². The zero-order chi connectivity index (χ0) is 13.3. The first-order chi connectivity index (χ1) is 8.49. The molecule has 2 rings (SSSR count). The van der Waals surface area contributed by atoms with Crippen LogP contribution < -0.4 is 5.73 Å². The Bertz CT molecular complexity index is 554. The van der Waals surface area contributed by atoms with E-state index < -0.39 is 12.6 Å². The van der Waals surface area contributed by atoms with E-state index in [1.807, 2.05) is 0 Å². The van der Waals surface area contributed by atoms with Crippen LogP contribution in [-0.4, -0.2) is 14.8 Å². The zero-order valence-electron chi connectivity index (χ0n) is 9.22. The highest BCUT2D eigenvalue weighted by Gasteiger charge is 2.14. The second kappa shape index (κ2) is 4.99. The van der Waals surface area contributed by atoms with Crippen LogP contribution in [0, 0.1) is 6.92 Å². The van der Waals surface area contributed by atoms with Crippen molar-refractivity contribution in [2.24, 2.45) is 5.73 Å². The first-order valence-corrected chi connectivity index (χ1v) is 5.44. The molecule has 2 N–H and O–H groups in total. The largest absolute Gasteiger partial charge is 0.334 e. The van der Waals surface area contributed by atoms with E-state index in [1.165, 1.54) is 0 Å². The minimum atomic E-state index is -2.73. The van der Waals surface area contributed by atoms with Crippen molar-refractivity contribution >= 4 is 11.6 Å². The molecular formula is C11H10ClF2N4. The molecule has 1 aromatic heterocycles. The summed E-state index contributed by atoms with van der Waals surface area (Å²) in [6.07, 6.45) is 0.952. The zero-order valence-corrected chi connectivity index (χ0v) is 9.98. The van der Waals surface area contributed by atoms with E-state index in [9.17, 15) is 8.78 Å².